The van der Waals surface area contributed by atoms with Gasteiger partial charge in [0.1, 0.15) is 11.3 Å². The third-order valence-corrected chi connectivity index (χ3v) is 4.22. The van der Waals surface area contributed by atoms with Gasteiger partial charge in [0.05, 0.1) is 6.54 Å². The second kappa shape index (κ2) is 7.44. The van der Waals surface area contributed by atoms with Crippen LogP contribution in [0.1, 0.15) is 51.2 Å². The highest BCUT2D eigenvalue weighted by atomic mass is 16.3. The van der Waals surface area contributed by atoms with E-state index in [-0.39, 0.29) is 35.6 Å². The number of unbranched alkanes of at least 4 members (excludes halogenated alkanes) is 2. The average Bonchev–Trinajstić information content (AvgIpc) is 2.83. The van der Waals surface area contributed by atoms with E-state index in [0.29, 0.717) is 5.56 Å². The number of rotatable bonds is 6. The number of aryl methyl sites for hydroxylation is 1. The van der Waals surface area contributed by atoms with Gasteiger partial charge in [0.2, 0.25) is 0 Å². The summed E-state index contributed by atoms with van der Waals surface area (Å²) in [4.78, 5) is 25.9. The van der Waals surface area contributed by atoms with E-state index in [2.05, 4.69) is 6.92 Å². The normalized spacial score (nSPS) is 17.3. The summed E-state index contributed by atoms with van der Waals surface area (Å²) in [6.07, 6.45) is 4.53. The van der Waals surface area contributed by atoms with Gasteiger partial charge in [-0.15, -0.1) is 0 Å². The van der Waals surface area contributed by atoms with Crippen LogP contribution in [0, 0.1) is 0 Å². The van der Waals surface area contributed by atoms with Crippen molar-refractivity contribution in [2.45, 2.75) is 52.5 Å². The monoisotopic (exact) mass is 315 g/mol. The number of aliphatic hydroxyl groups excluding tert-OH is 1. The molecule has 1 saturated heterocycles. The van der Waals surface area contributed by atoms with E-state index < -0.39 is 0 Å². The summed E-state index contributed by atoms with van der Waals surface area (Å²) >= 11 is 0. The number of ketones is 1. The van der Waals surface area contributed by atoms with Gasteiger partial charge in [0.25, 0.3) is 5.91 Å². The zero-order valence-corrected chi connectivity index (χ0v) is 14.1. The van der Waals surface area contributed by atoms with E-state index in [1.165, 1.54) is 23.3 Å². The molecule has 1 aromatic carbocycles. The number of Topliss-reactive ketones (excluding diaryl/α,β-unsaturated/α-hetero) is 1. The van der Waals surface area contributed by atoms with Gasteiger partial charge in [-0.3, -0.25) is 9.59 Å². The smallest absolute Gasteiger partial charge is 0.262 e. The van der Waals surface area contributed by atoms with E-state index in [0.717, 1.165) is 12.8 Å². The maximum Gasteiger partial charge on any atom is 0.262 e. The lowest BCUT2D eigenvalue weighted by molar-refractivity contribution is -0.126. The van der Waals surface area contributed by atoms with Crippen LogP contribution in [0.15, 0.2) is 29.8 Å². The van der Waals surface area contributed by atoms with Crippen molar-refractivity contribution in [3.63, 3.8) is 0 Å². The Hall–Kier alpha value is -2.10. The number of hydrogen-bond acceptors (Lipinski definition) is 3. The van der Waals surface area contributed by atoms with Crippen LogP contribution in [0.4, 0.5) is 0 Å². The van der Waals surface area contributed by atoms with Gasteiger partial charge in [-0.1, -0.05) is 44.0 Å². The lowest BCUT2D eigenvalue weighted by Crippen LogP contribution is -2.32. The Morgan fingerprint density at radius 3 is 2.35 bits per heavy atom. The molecule has 1 aromatic rings. The minimum absolute atomic E-state index is 0.0466. The van der Waals surface area contributed by atoms with Crippen LogP contribution in [0.5, 0.6) is 0 Å². The summed E-state index contributed by atoms with van der Waals surface area (Å²) in [7, 11) is 0. The van der Waals surface area contributed by atoms with Gasteiger partial charge in [-0.2, -0.15) is 0 Å². The molecule has 1 aliphatic heterocycles. The van der Waals surface area contributed by atoms with Gasteiger partial charge in [-0.25, -0.2) is 0 Å². The Kier molecular flexibility index (Phi) is 5.59. The van der Waals surface area contributed by atoms with E-state index in [1.807, 2.05) is 26.0 Å². The van der Waals surface area contributed by atoms with Crippen LogP contribution in [0.25, 0.3) is 5.76 Å². The molecule has 124 valence electrons. The lowest BCUT2D eigenvalue weighted by Gasteiger charge is -2.18. The van der Waals surface area contributed by atoms with Crippen molar-refractivity contribution in [2.24, 2.45) is 0 Å². The molecule has 0 atom stereocenters. The number of carbonyl (C=O) groups excluding carboxylic acids is 2. The average molecular weight is 315 g/mol. The molecule has 1 N–H and O–H groups in total. The molecule has 0 aromatic heterocycles. The Bertz CT molecular complexity index is 614. The van der Waals surface area contributed by atoms with Gasteiger partial charge >= 0.3 is 0 Å². The number of amides is 1. The zero-order valence-electron chi connectivity index (χ0n) is 14.1. The number of likely N-dealkylation sites (tertiary alicyclic amines) is 1. The van der Waals surface area contributed by atoms with Crippen LogP contribution < -0.4 is 0 Å². The van der Waals surface area contributed by atoms with Gasteiger partial charge in [0.15, 0.2) is 5.78 Å². The highest BCUT2D eigenvalue weighted by molar-refractivity contribution is 6.28. The number of aliphatic hydroxyl groups is 1. The summed E-state index contributed by atoms with van der Waals surface area (Å²) in [5.41, 5.74) is 1.64. The van der Waals surface area contributed by atoms with Crippen molar-refractivity contribution >= 4 is 17.4 Å². The molecule has 0 unspecified atom stereocenters. The number of nitrogens with zero attached hydrogens (tertiary/aromatic N) is 1. The van der Waals surface area contributed by atoms with E-state index in [1.54, 1.807) is 12.1 Å². The van der Waals surface area contributed by atoms with Crippen molar-refractivity contribution in [2.75, 3.05) is 6.54 Å². The fourth-order valence-corrected chi connectivity index (χ4v) is 2.77. The predicted molar refractivity (Wildman–Crippen MR) is 91.1 cm³/mol. The molecule has 1 aliphatic rings. The van der Waals surface area contributed by atoms with E-state index in [9.17, 15) is 14.7 Å². The van der Waals surface area contributed by atoms with Crippen molar-refractivity contribution in [1.82, 2.24) is 4.90 Å². The maximum absolute atomic E-state index is 12.3. The van der Waals surface area contributed by atoms with Gasteiger partial charge < -0.3 is 10.0 Å². The maximum atomic E-state index is 12.3. The highest BCUT2D eigenvalue weighted by Crippen LogP contribution is 2.25. The first-order chi connectivity index (χ1) is 11.0. The first kappa shape index (κ1) is 17.3. The minimum atomic E-state index is -0.380. The van der Waals surface area contributed by atoms with Crippen LogP contribution >= 0.6 is 0 Å². The Morgan fingerprint density at radius 1 is 1.17 bits per heavy atom. The molecule has 1 amide bonds. The van der Waals surface area contributed by atoms with Crippen LogP contribution in [-0.2, 0) is 16.0 Å². The minimum Gasteiger partial charge on any atom is -0.506 e. The third kappa shape index (κ3) is 3.81. The SMILES string of the molecule is CCCCCc1ccc(/C(O)=C2/C(=O)CN(C(C)C)C2=O)cc1. The number of hydrogen-bond donors (Lipinski definition) is 1. The molecule has 4 heteroatoms. The summed E-state index contributed by atoms with van der Waals surface area (Å²) in [6, 6.07) is 7.40. The van der Waals surface area contributed by atoms with Crippen LogP contribution in [0.2, 0.25) is 0 Å². The van der Waals surface area contributed by atoms with Crippen LogP contribution in [0.3, 0.4) is 0 Å². The fraction of sp³-hybridized carbons (Fsp3) is 0.474. The molecule has 1 heterocycles. The van der Waals surface area contributed by atoms with Gasteiger partial charge in [-0.05, 0) is 32.3 Å². The summed E-state index contributed by atoms with van der Waals surface area (Å²) in [5, 5.41) is 10.4. The highest BCUT2D eigenvalue weighted by Gasteiger charge is 2.37. The molecule has 4 nitrogen and oxygen atoms in total. The fourth-order valence-electron chi connectivity index (χ4n) is 2.77. The molecule has 1 fully saturated rings. The molecule has 23 heavy (non-hydrogen) atoms. The summed E-state index contributed by atoms with van der Waals surface area (Å²) in [6.45, 7) is 5.93. The molecule has 0 radical (unpaired) electrons. The predicted octanol–water partition coefficient (Wildman–Crippen LogP) is 3.51. The third-order valence-electron chi connectivity index (χ3n) is 4.22. The Morgan fingerprint density at radius 2 is 1.83 bits per heavy atom. The van der Waals surface area contributed by atoms with Crippen LogP contribution in [-0.4, -0.2) is 34.3 Å². The second-order valence-electron chi connectivity index (χ2n) is 6.33. The Labute approximate surface area is 137 Å². The van der Waals surface area contributed by atoms with Crippen molar-refractivity contribution in [3.8, 4) is 0 Å². The van der Waals surface area contributed by atoms with Crippen molar-refractivity contribution in [1.29, 1.82) is 0 Å². The molecule has 0 aliphatic carbocycles. The summed E-state index contributed by atoms with van der Waals surface area (Å²) < 4.78 is 0. The first-order valence-corrected chi connectivity index (χ1v) is 8.32. The number of benzene rings is 1. The molecular weight excluding hydrogens is 290 g/mol. The molecule has 0 spiro atoms. The number of carbonyl (C=O) groups is 2. The first-order valence-electron chi connectivity index (χ1n) is 8.32. The van der Waals surface area contributed by atoms with E-state index >= 15 is 0 Å². The zero-order chi connectivity index (χ0) is 17.0. The molecule has 0 saturated carbocycles. The molecule has 2 rings (SSSR count). The van der Waals surface area contributed by atoms with Crippen molar-refractivity contribution < 1.29 is 14.7 Å². The lowest BCUT2D eigenvalue weighted by atomic mass is 10.0. The second-order valence-corrected chi connectivity index (χ2v) is 6.33. The Balaban J connectivity index is 2.20. The largest absolute Gasteiger partial charge is 0.506 e. The standard InChI is InChI=1S/C19H25NO3/c1-4-5-6-7-14-8-10-15(11-9-14)18(22)17-16(21)12-20(13(2)3)19(17)23/h8-11,13,22H,4-7,12H2,1-3H3/b18-17+. The van der Waals surface area contributed by atoms with Gasteiger partial charge in [0, 0.05) is 11.6 Å². The quantitative estimate of drug-likeness (QED) is 0.378. The molecular formula is C19H25NO3. The van der Waals surface area contributed by atoms with Crippen molar-refractivity contribution in [3.05, 3.63) is 41.0 Å². The molecule has 0 bridgehead atoms. The van der Waals surface area contributed by atoms with E-state index in [4.69, 9.17) is 0 Å². The summed E-state index contributed by atoms with van der Waals surface area (Å²) in [5.74, 6) is -0.897. The topological polar surface area (TPSA) is 57.6 Å².